The van der Waals surface area contributed by atoms with Gasteiger partial charge in [0.2, 0.25) is 5.91 Å². The minimum Gasteiger partial charge on any atom is -0.497 e. The number of carbonyl (C=O) groups excluding carboxylic acids is 1. The molecular weight excluding hydrogens is 709 g/mol. The number of nitrogens with zero attached hydrogens (tertiary/aromatic N) is 4. The summed E-state index contributed by atoms with van der Waals surface area (Å²) < 4.78 is 41.8. The monoisotopic (exact) mass is 757 g/mol. The highest BCUT2D eigenvalue weighted by Crippen LogP contribution is 2.52. The number of rotatable bonds is 17. The lowest BCUT2D eigenvalue weighted by atomic mass is 9.79. The molecule has 1 aliphatic heterocycles. The van der Waals surface area contributed by atoms with E-state index in [4.69, 9.17) is 28.0 Å². The van der Waals surface area contributed by atoms with Gasteiger partial charge in [-0.15, -0.1) is 0 Å². The van der Waals surface area contributed by atoms with E-state index in [1.54, 1.807) is 14.2 Å². The van der Waals surface area contributed by atoms with Crippen molar-refractivity contribution in [2.45, 2.75) is 77.2 Å². The van der Waals surface area contributed by atoms with E-state index in [2.05, 4.69) is 21.0 Å². The third kappa shape index (κ3) is 9.16. The predicted molar refractivity (Wildman–Crippen MR) is 205 cm³/mol. The Bertz CT molecular complexity index is 1860. The van der Waals surface area contributed by atoms with Gasteiger partial charge in [-0.1, -0.05) is 54.6 Å². The Hall–Kier alpha value is -4.67. The number of methoxy groups -OCH3 is 2. The molecule has 13 nitrogen and oxygen atoms in total. The van der Waals surface area contributed by atoms with Crippen LogP contribution in [-0.4, -0.2) is 71.9 Å². The number of carbonyl (C=O) groups is 1. The molecule has 0 bridgehead atoms. The van der Waals surface area contributed by atoms with Gasteiger partial charge >= 0.3 is 5.69 Å². The van der Waals surface area contributed by atoms with Crippen LogP contribution in [0.15, 0.2) is 95.9 Å². The molecule has 2 heterocycles. The maximum Gasteiger partial charge on any atom is 0.351 e. The number of nitrogens with one attached hydrogen (secondary N) is 1. The number of benzene rings is 3. The van der Waals surface area contributed by atoms with E-state index >= 15 is 0 Å². The number of amides is 1. The first-order valence-corrected chi connectivity index (χ1v) is 18.9. The minimum absolute atomic E-state index is 0.00155. The summed E-state index contributed by atoms with van der Waals surface area (Å²) >= 11 is 0. The molecule has 54 heavy (non-hydrogen) atoms. The summed E-state index contributed by atoms with van der Waals surface area (Å²) in [5.74, 6) is 1.11. The van der Waals surface area contributed by atoms with Crippen LogP contribution in [0.5, 0.6) is 11.5 Å². The number of nitriles is 1. The topological polar surface area (TPSA) is 146 Å². The van der Waals surface area contributed by atoms with Crippen LogP contribution in [0.25, 0.3) is 0 Å². The van der Waals surface area contributed by atoms with Crippen molar-refractivity contribution in [3.05, 3.63) is 118 Å². The van der Waals surface area contributed by atoms with Crippen molar-refractivity contribution in [3.63, 3.8) is 0 Å². The van der Waals surface area contributed by atoms with Crippen LogP contribution < -0.4 is 20.5 Å². The molecule has 1 aromatic heterocycles. The van der Waals surface area contributed by atoms with Gasteiger partial charge in [-0.2, -0.15) is 10.2 Å². The minimum atomic E-state index is -1.82. The number of anilines is 1. The van der Waals surface area contributed by atoms with Crippen LogP contribution >= 0.6 is 8.53 Å². The molecule has 1 saturated heterocycles. The lowest BCUT2D eigenvalue weighted by Crippen LogP contribution is -2.44. The fraction of sp³-hybridized carbons (Fsp3) is 0.400. The van der Waals surface area contributed by atoms with Gasteiger partial charge < -0.3 is 33.3 Å². The van der Waals surface area contributed by atoms with Crippen LogP contribution in [0, 0.1) is 11.3 Å². The third-order valence-electron chi connectivity index (χ3n) is 8.86. The highest BCUT2D eigenvalue weighted by Gasteiger charge is 2.50. The molecule has 0 saturated carbocycles. The number of aromatic nitrogens is 2. The molecule has 0 aliphatic carbocycles. The first-order valence-electron chi connectivity index (χ1n) is 17.8. The second kappa shape index (κ2) is 18.6. The molecule has 1 unspecified atom stereocenters. The Morgan fingerprint density at radius 3 is 2.04 bits per heavy atom. The van der Waals surface area contributed by atoms with Gasteiger partial charge in [-0.05, 0) is 74.7 Å². The van der Waals surface area contributed by atoms with Gasteiger partial charge in [0.25, 0.3) is 8.53 Å². The van der Waals surface area contributed by atoms with Gasteiger partial charge in [-0.25, -0.2) is 9.46 Å². The van der Waals surface area contributed by atoms with E-state index in [0.29, 0.717) is 11.5 Å². The molecule has 286 valence electrons. The first-order chi connectivity index (χ1) is 26.0. The summed E-state index contributed by atoms with van der Waals surface area (Å²) in [6.07, 6.45) is -1.05. The summed E-state index contributed by atoms with van der Waals surface area (Å²) in [6, 6.07) is 28.9. The number of hydrogen-bond acceptors (Lipinski definition) is 11. The zero-order valence-corrected chi connectivity index (χ0v) is 32.6. The summed E-state index contributed by atoms with van der Waals surface area (Å²) in [5, 5.41) is 11.9. The molecule has 1 N–H and O–H groups in total. The zero-order chi connectivity index (χ0) is 38.8. The molecule has 1 aliphatic rings. The van der Waals surface area contributed by atoms with Gasteiger partial charge in [0.15, 0.2) is 6.23 Å². The molecule has 4 aromatic rings. The molecule has 0 spiro atoms. The average Bonchev–Trinajstić information content (AvgIpc) is 3.54. The highest BCUT2D eigenvalue weighted by atomic mass is 31.2. The van der Waals surface area contributed by atoms with E-state index in [1.165, 1.54) is 23.8 Å². The van der Waals surface area contributed by atoms with Crippen LogP contribution in [0.1, 0.15) is 64.0 Å². The Balaban J connectivity index is 1.70. The standard InChI is InChI=1S/C40H48N5O8P/c1-27(2)45(28(3)4)54(51-25-11-23-41)53-37-35(26-50-38(37)44-24-22-36(42-29(5)46)43-39(44)47)52-40(30-12-9-8-10-13-30,31-14-18-33(48-6)19-15-31)32-16-20-34(49-7)21-17-32/h8-10,12-22,24,27-28,35,37-38H,11,25-26H2,1-7H3,(H,42,43,46,47)/t35-,37+,38+,54?/m0/s1. The third-order valence-corrected chi connectivity index (χ3v) is 11.0. The lowest BCUT2D eigenvalue weighted by molar-refractivity contribution is -0.114. The lowest BCUT2D eigenvalue weighted by Gasteiger charge is -2.41. The van der Waals surface area contributed by atoms with Crippen molar-refractivity contribution >= 4 is 20.3 Å². The van der Waals surface area contributed by atoms with Gasteiger partial charge in [0.05, 0.1) is 39.9 Å². The van der Waals surface area contributed by atoms with Crippen molar-refractivity contribution in [1.82, 2.24) is 14.2 Å². The Labute approximate surface area is 317 Å². The maximum atomic E-state index is 13.6. The number of hydrogen-bond donors (Lipinski definition) is 1. The van der Waals surface area contributed by atoms with Crippen LogP contribution in [-0.2, 0) is 28.9 Å². The highest BCUT2D eigenvalue weighted by molar-refractivity contribution is 7.44. The summed E-state index contributed by atoms with van der Waals surface area (Å²) in [6.45, 7) is 9.70. The molecule has 14 heteroatoms. The Morgan fingerprint density at radius 1 is 0.963 bits per heavy atom. The molecule has 4 atom stereocenters. The maximum absolute atomic E-state index is 13.6. The smallest absolute Gasteiger partial charge is 0.351 e. The van der Waals surface area contributed by atoms with Crippen LogP contribution in [0.3, 0.4) is 0 Å². The van der Waals surface area contributed by atoms with Gasteiger partial charge in [-0.3, -0.25) is 9.36 Å². The van der Waals surface area contributed by atoms with E-state index < -0.39 is 38.3 Å². The zero-order valence-electron chi connectivity index (χ0n) is 31.7. The van der Waals surface area contributed by atoms with Crippen molar-refractivity contribution in [2.75, 3.05) is 32.8 Å². The van der Waals surface area contributed by atoms with Crippen molar-refractivity contribution in [1.29, 1.82) is 5.26 Å². The van der Waals surface area contributed by atoms with Gasteiger partial charge in [0.1, 0.15) is 35.1 Å². The summed E-state index contributed by atoms with van der Waals surface area (Å²) in [7, 11) is 1.41. The van der Waals surface area contributed by atoms with Crippen molar-refractivity contribution in [3.8, 4) is 17.6 Å². The molecule has 5 rings (SSSR count). The Morgan fingerprint density at radius 2 is 1.54 bits per heavy atom. The van der Waals surface area contributed by atoms with Crippen LogP contribution in [0.4, 0.5) is 5.82 Å². The molecule has 1 amide bonds. The quantitative estimate of drug-likeness (QED) is 0.0691. The molecule has 1 fully saturated rings. The van der Waals surface area contributed by atoms with E-state index in [0.717, 1.165) is 16.7 Å². The Kier molecular flexibility index (Phi) is 13.9. The first kappa shape index (κ1) is 40.5. The molecule has 0 radical (unpaired) electrons. The van der Waals surface area contributed by atoms with Crippen molar-refractivity contribution in [2.24, 2.45) is 0 Å². The summed E-state index contributed by atoms with van der Waals surface area (Å²) in [5.41, 5.74) is 0.556. The average molecular weight is 758 g/mol. The van der Waals surface area contributed by atoms with Crippen LogP contribution in [0.2, 0.25) is 0 Å². The largest absolute Gasteiger partial charge is 0.497 e. The van der Waals surface area contributed by atoms with E-state index in [9.17, 15) is 14.9 Å². The fourth-order valence-electron chi connectivity index (χ4n) is 6.54. The molecular formula is C40H48N5O8P. The normalized spacial score (nSPS) is 17.8. The second-order valence-corrected chi connectivity index (χ2v) is 14.6. The fourth-order valence-corrected chi connectivity index (χ4v) is 8.29. The molecule has 3 aromatic carbocycles. The SMILES string of the molecule is COc1ccc(C(O[C@H]2CO[C@@H](n3ccc(NC(C)=O)nc3=O)[C@@H]2OP(OCCC#N)N(C(C)C)C(C)C)(c2ccccc2)c2ccc(OC)cc2)cc1. The van der Waals surface area contributed by atoms with E-state index in [1.807, 2.05) is 107 Å². The van der Waals surface area contributed by atoms with Gasteiger partial charge in [0, 0.05) is 25.2 Å². The number of ether oxygens (including phenoxy) is 4. The van der Waals surface area contributed by atoms with E-state index in [-0.39, 0.29) is 43.4 Å². The summed E-state index contributed by atoms with van der Waals surface area (Å²) in [4.78, 5) is 29.5. The second-order valence-electron chi connectivity index (χ2n) is 13.2. The van der Waals surface area contributed by atoms with Crippen molar-refractivity contribution < 1.29 is 32.8 Å². The predicted octanol–water partition coefficient (Wildman–Crippen LogP) is 6.79.